The Labute approximate surface area is 98.0 Å². The van der Waals surface area contributed by atoms with E-state index in [0.29, 0.717) is 6.20 Å². The van der Waals surface area contributed by atoms with E-state index < -0.39 is 41.8 Å². The minimum Gasteiger partial charge on any atom is -0.494 e. The predicted octanol–water partition coefficient (Wildman–Crippen LogP) is 2.16. The Bertz CT molecular complexity index is 461. The first-order chi connectivity index (χ1) is 8.30. The fraction of sp³-hybridized carbons (Fsp3) is 0.333. The van der Waals surface area contributed by atoms with Crippen molar-refractivity contribution in [3.63, 3.8) is 0 Å². The van der Waals surface area contributed by atoms with Gasteiger partial charge in [0, 0.05) is 0 Å². The van der Waals surface area contributed by atoms with Crippen LogP contribution < -0.4 is 9.47 Å². The molecule has 0 saturated heterocycles. The highest BCUT2D eigenvalue weighted by Gasteiger charge is 2.35. The van der Waals surface area contributed by atoms with Crippen LogP contribution in [0.25, 0.3) is 0 Å². The molecule has 18 heavy (non-hydrogen) atoms. The molecule has 0 aliphatic heterocycles. The Morgan fingerprint density at radius 3 is 2.50 bits per heavy atom. The lowest BCUT2D eigenvalue weighted by molar-refractivity contribution is -0.274. The molecule has 0 bridgehead atoms. The topological polar surface area (TPSA) is 68.7 Å². The summed E-state index contributed by atoms with van der Waals surface area (Å²) in [6, 6.07) is 0. The van der Waals surface area contributed by atoms with Crippen LogP contribution in [0.5, 0.6) is 11.5 Å². The Morgan fingerprint density at radius 2 is 2.11 bits per heavy atom. The summed E-state index contributed by atoms with van der Waals surface area (Å²) in [7, 11) is 0.986. The second-order valence-corrected chi connectivity index (χ2v) is 2.96. The van der Waals surface area contributed by atoms with Gasteiger partial charge in [-0.05, 0) is 0 Å². The third kappa shape index (κ3) is 2.99. The highest BCUT2D eigenvalue weighted by atomic mass is 19.4. The highest BCUT2D eigenvalue weighted by Crippen LogP contribution is 2.34. The number of aromatic carboxylic acids is 1. The second-order valence-electron chi connectivity index (χ2n) is 2.96. The van der Waals surface area contributed by atoms with Gasteiger partial charge < -0.3 is 14.6 Å². The van der Waals surface area contributed by atoms with Gasteiger partial charge in [-0.2, -0.15) is 0 Å². The summed E-state index contributed by atoms with van der Waals surface area (Å²) >= 11 is 0. The van der Waals surface area contributed by atoms with Crippen molar-refractivity contribution in [3.8, 4) is 11.5 Å². The van der Waals surface area contributed by atoms with Crippen molar-refractivity contribution in [2.24, 2.45) is 0 Å². The molecule has 0 spiro atoms. The molecular formula is C9H7F4NO4. The molecule has 0 aliphatic carbocycles. The summed E-state index contributed by atoms with van der Waals surface area (Å²) in [4.78, 5) is 14.2. The van der Waals surface area contributed by atoms with Gasteiger partial charge in [-0.15, -0.1) is 13.2 Å². The summed E-state index contributed by atoms with van der Waals surface area (Å²) in [5, 5.41) is 8.82. The number of nitrogens with zero attached hydrogens (tertiary/aromatic N) is 1. The number of methoxy groups -OCH3 is 1. The Morgan fingerprint density at radius 1 is 1.50 bits per heavy atom. The van der Waals surface area contributed by atoms with Gasteiger partial charge in [0.1, 0.15) is 17.9 Å². The van der Waals surface area contributed by atoms with Gasteiger partial charge in [0.2, 0.25) is 0 Å². The molecular weight excluding hydrogens is 262 g/mol. The number of aromatic nitrogens is 1. The molecule has 100 valence electrons. The number of carbonyl (C=O) groups is 1. The van der Waals surface area contributed by atoms with Crippen LogP contribution in [0.1, 0.15) is 16.1 Å². The van der Waals surface area contributed by atoms with Crippen molar-refractivity contribution in [2.45, 2.75) is 13.0 Å². The molecule has 9 heteroatoms. The molecule has 1 rings (SSSR count). The zero-order valence-corrected chi connectivity index (χ0v) is 8.92. The van der Waals surface area contributed by atoms with Crippen molar-refractivity contribution in [1.82, 2.24) is 4.98 Å². The van der Waals surface area contributed by atoms with Crippen molar-refractivity contribution >= 4 is 5.97 Å². The van der Waals surface area contributed by atoms with E-state index in [1.807, 2.05) is 0 Å². The van der Waals surface area contributed by atoms with Crippen molar-refractivity contribution in [1.29, 1.82) is 0 Å². The maximum absolute atomic E-state index is 12.5. The maximum Gasteiger partial charge on any atom is 0.573 e. The lowest BCUT2D eigenvalue weighted by Gasteiger charge is -2.14. The van der Waals surface area contributed by atoms with Crippen molar-refractivity contribution in [2.75, 3.05) is 7.11 Å². The first kappa shape index (κ1) is 14.0. The summed E-state index contributed by atoms with van der Waals surface area (Å²) in [5.41, 5.74) is -1.36. The number of hydrogen-bond acceptors (Lipinski definition) is 4. The smallest absolute Gasteiger partial charge is 0.494 e. The average molecular weight is 269 g/mol. The fourth-order valence-corrected chi connectivity index (χ4v) is 1.24. The second kappa shape index (κ2) is 5.07. The fourth-order valence-electron chi connectivity index (χ4n) is 1.24. The van der Waals surface area contributed by atoms with E-state index in [2.05, 4.69) is 14.5 Å². The summed E-state index contributed by atoms with van der Waals surface area (Å²) < 4.78 is 56.7. The molecule has 0 aromatic carbocycles. The lowest BCUT2D eigenvalue weighted by Crippen LogP contribution is -2.20. The van der Waals surface area contributed by atoms with Crippen LogP contribution in [-0.4, -0.2) is 29.5 Å². The zero-order chi connectivity index (χ0) is 13.9. The minimum absolute atomic E-state index is 0.426. The number of rotatable bonds is 4. The Kier molecular flexibility index (Phi) is 3.94. The van der Waals surface area contributed by atoms with E-state index in [4.69, 9.17) is 5.11 Å². The molecule has 0 fully saturated rings. The first-order valence-corrected chi connectivity index (χ1v) is 4.41. The average Bonchev–Trinajstić information content (AvgIpc) is 2.25. The Hall–Kier alpha value is -2.06. The van der Waals surface area contributed by atoms with Crippen LogP contribution in [0.4, 0.5) is 17.6 Å². The standard InChI is InChI=1S/C9H7F4NO4/c1-17-7-4(2-10)14-3-5(6(7)8(15)16)18-9(11,12)13/h3H,2H2,1H3,(H,15,16). The molecule has 1 heterocycles. The lowest BCUT2D eigenvalue weighted by atomic mass is 10.2. The van der Waals surface area contributed by atoms with Gasteiger partial charge >= 0.3 is 12.3 Å². The summed E-state index contributed by atoms with van der Waals surface area (Å²) in [5.74, 6) is -3.42. The van der Waals surface area contributed by atoms with Gasteiger partial charge in [-0.25, -0.2) is 9.18 Å². The molecule has 1 N–H and O–H groups in total. The largest absolute Gasteiger partial charge is 0.573 e. The molecule has 5 nitrogen and oxygen atoms in total. The van der Waals surface area contributed by atoms with E-state index in [-0.39, 0.29) is 0 Å². The molecule has 0 aliphatic rings. The SMILES string of the molecule is COc1c(CF)ncc(OC(F)(F)F)c1C(=O)O. The van der Waals surface area contributed by atoms with Gasteiger partial charge in [-0.1, -0.05) is 0 Å². The van der Waals surface area contributed by atoms with Gasteiger partial charge in [0.15, 0.2) is 11.5 Å². The van der Waals surface area contributed by atoms with E-state index in [9.17, 15) is 22.4 Å². The third-order valence-electron chi connectivity index (χ3n) is 1.84. The number of carboxylic acid groups (broad SMARTS) is 1. The zero-order valence-electron chi connectivity index (χ0n) is 8.92. The minimum atomic E-state index is -5.09. The maximum atomic E-state index is 12.5. The number of alkyl halides is 4. The number of halogens is 4. The first-order valence-electron chi connectivity index (χ1n) is 4.41. The van der Waals surface area contributed by atoms with Gasteiger partial charge in [-0.3, -0.25) is 4.98 Å². The molecule has 0 amide bonds. The van der Waals surface area contributed by atoms with Crippen LogP contribution in [0.15, 0.2) is 6.20 Å². The monoisotopic (exact) mass is 269 g/mol. The van der Waals surface area contributed by atoms with Crippen LogP contribution in [0, 0.1) is 0 Å². The van der Waals surface area contributed by atoms with Crippen LogP contribution in [0.3, 0.4) is 0 Å². The predicted molar refractivity (Wildman–Crippen MR) is 49.2 cm³/mol. The van der Waals surface area contributed by atoms with Gasteiger partial charge in [0.05, 0.1) is 13.3 Å². The Balaban J connectivity index is 3.39. The van der Waals surface area contributed by atoms with Crippen molar-refractivity contribution < 1.29 is 36.9 Å². The van der Waals surface area contributed by atoms with E-state index in [0.717, 1.165) is 7.11 Å². The molecule has 1 aromatic rings. The molecule has 0 saturated carbocycles. The summed E-state index contributed by atoms with van der Waals surface area (Å²) in [6.07, 6.45) is -4.61. The van der Waals surface area contributed by atoms with E-state index in [1.165, 1.54) is 0 Å². The quantitative estimate of drug-likeness (QED) is 0.848. The molecule has 0 radical (unpaired) electrons. The normalized spacial score (nSPS) is 11.2. The number of pyridine rings is 1. The third-order valence-corrected chi connectivity index (χ3v) is 1.84. The van der Waals surface area contributed by atoms with Crippen LogP contribution in [0.2, 0.25) is 0 Å². The number of ether oxygens (including phenoxy) is 2. The molecule has 0 unspecified atom stereocenters. The van der Waals surface area contributed by atoms with E-state index >= 15 is 0 Å². The number of carboxylic acids is 1. The van der Waals surface area contributed by atoms with Crippen LogP contribution >= 0.6 is 0 Å². The van der Waals surface area contributed by atoms with Gasteiger partial charge in [0.25, 0.3) is 0 Å². The number of hydrogen-bond donors (Lipinski definition) is 1. The van der Waals surface area contributed by atoms with E-state index in [1.54, 1.807) is 0 Å². The molecule has 0 atom stereocenters. The van der Waals surface area contributed by atoms with Crippen molar-refractivity contribution in [3.05, 3.63) is 17.5 Å². The molecule has 1 aromatic heterocycles. The van der Waals surface area contributed by atoms with Crippen LogP contribution in [-0.2, 0) is 6.67 Å². The summed E-state index contributed by atoms with van der Waals surface area (Å²) in [6.45, 7) is -1.18. The highest BCUT2D eigenvalue weighted by molar-refractivity contribution is 5.94.